The minimum atomic E-state index is -0.890. The predicted molar refractivity (Wildman–Crippen MR) is 136 cm³/mol. The fourth-order valence-corrected chi connectivity index (χ4v) is 5.10. The highest BCUT2D eigenvalue weighted by molar-refractivity contribution is 7.80. The summed E-state index contributed by atoms with van der Waals surface area (Å²) < 4.78 is 0. The number of amides is 1. The van der Waals surface area contributed by atoms with E-state index < -0.39 is 6.17 Å². The van der Waals surface area contributed by atoms with E-state index in [9.17, 15) is 4.79 Å². The van der Waals surface area contributed by atoms with Gasteiger partial charge in [0, 0.05) is 34.3 Å². The Morgan fingerprint density at radius 1 is 1.12 bits per heavy atom. The number of carbonyl (C=O) groups is 1. The fourth-order valence-electron chi connectivity index (χ4n) is 4.42. The Hall–Kier alpha value is -2.15. The summed E-state index contributed by atoms with van der Waals surface area (Å²) in [5, 5.41) is 8.05. The third-order valence-electron chi connectivity index (χ3n) is 6.07. The lowest BCUT2D eigenvalue weighted by Crippen LogP contribution is -2.51. The number of nitrogens with zero attached hydrogens (tertiary/aromatic N) is 2. The number of aliphatic imine (C=N–C) groups is 1. The van der Waals surface area contributed by atoms with Crippen LogP contribution >= 0.6 is 35.4 Å². The van der Waals surface area contributed by atoms with Crippen molar-refractivity contribution in [2.45, 2.75) is 44.8 Å². The molecule has 2 aromatic carbocycles. The SMILES string of the molecule is CC1CCCC(NC(=S)NC2N=C(c3ccccc3Cl)c3cc(Cl)ccc3N(C)C2=O)C1. The number of carbonyl (C=O) groups excluding carboxylic acids is 1. The molecule has 1 aliphatic heterocycles. The van der Waals surface area contributed by atoms with E-state index in [-0.39, 0.29) is 5.91 Å². The summed E-state index contributed by atoms with van der Waals surface area (Å²) in [6.07, 6.45) is 3.67. The van der Waals surface area contributed by atoms with Crippen LogP contribution in [0.4, 0.5) is 5.69 Å². The van der Waals surface area contributed by atoms with Crippen molar-refractivity contribution in [1.29, 1.82) is 0 Å². The molecule has 8 heteroatoms. The van der Waals surface area contributed by atoms with Gasteiger partial charge in [0.25, 0.3) is 5.91 Å². The van der Waals surface area contributed by atoms with Gasteiger partial charge >= 0.3 is 0 Å². The number of benzene rings is 2. The number of nitrogens with one attached hydrogen (secondary N) is 2. The molecule has 0 bridgehead atoms. The zero-order valence-corrected chi connectivity index (χ0v) is 20.4. The van der Waals surface area contributed by atoms with Crippen molar-refractivity contribution in [1.82, 2.24) is 10.6 Å². The van der Waals surface area contributed by atoms with Crippen LogP contribution in [-0.2, 0) is 4.79 Å². The second-order valence-corrected chi connectivity index (χ2v) is 9.76. The van der Waals surface area contributed by atoms with E-state index in [1.165, 1.54) is 12.8 Å². The molecule has 0 saturated heterocycles. The highest BCUT2D eigenvalue weighted by atomic mass is 35.5. The lowest BCUT2D eigenvalue weighted by Gasteiger charge is -2.29. The number of halogens is 2. The van der Waals surface area contributed by atoms with Gasteiger partial charge in [-0.05, 0) is 55.2 Å². The van der Waals surface area contributed by atoms with Crippen LogP contribution < -0.4 is 15.5 Å². The van der Waals surface area contributed by atoms with Crippen LogP contribution in [0.15, 0.2) is 47.5 Å². The minimum Gasteiger partial charge on any atom is -0.360 e. The third kappa shape index (κ3) is 4.92. The van der Waals surface area contributed by atoms with Gasteiger partial charge in [-0.25, -0.2) is 4.99 Å². The molecule has 168 valence electrons. The molecule has 2 aliphatic rings. The second kappa shape index (κ2) is 9.77. The summed E-state index contributed by atoms with van der Waals surface area (Å²) in [4.78, 5) is 19.7. The van der Waals surface area contributed by atoms with Gasteiger partial charge in [0.2, 0.25) is 6.17 Å². The molecule has 3 unspecified atom stereocenters. The average molecular weight is 489 g/mol. The van der Waals surface area contributed by atoms with Gasteiger partial charge in [0.1, 0.15) is 0 Å². The molecule has 0 aromatic heterocycles. The Balaban J connectivity index is 1.69. The van der Waals surface area contributed by atoms with Gasteiger partial charge in [-0.1, -0.05) is 61.2 Å². The fraction of sp³-hybridized carbons (Fsp3) is 0.375. The molecule has 0 spiro atoms. The van der Waals surface area contributed by atoms with Crippen molar-refractivity contribution in [3.63, 3.8) is 0 Å². The Labute approximate surface area is 204 Å². The Bertz CT molecular complexity index is 1070. The first-order valence-corrected chi connectivity index (χ1v) is 12.0. The summed E-state index contributed by atoms with van der Waals surface area (Å²) >= 11 is 18.4. The Morgan fingerprint density at radius 3 is 2.66 bits per heavy atom. The van der Waals surface area contributed by atoms with E-state index >= 15 is 0 Å². The molecule has 1 heterocycles. The molecule has 0 radical (unpaired) electrons. The van der Waals surface area contributed by atoms with E-state index in [0.717, 1.165) is 24.0 Å². The van der Waals surface area contributed by atoms with Crippen molar-refractivity contribution >= 4 is 57.8 Å². The number of hydrogen-bond acceptors (Lipinski definition) is 3. The summed E-state index contributed by atoms with van der Waals surface area (Å²) in [7, 11) is 1.73. The molecule has 1 saturated carbocycles. The van der Waals surface area contributed by atoms with Crippen molar-refractivity contribution in [3.05, 3.63) is 63.6 Å². The number of benzodiazepines with no additional fused rings is 1. The number of thiocarbonyl (C=S) groups is 1. The summed E-state index contributed by atoms with van der Waals surface area (Å²) in [6, 6.07) is 13.1. The van der Waals surface area contributed by atoms with E-state index in [1.54, 1.807) is 24.1 Å². The molecular weight excluding hydrogens is 463 g/mol. The van der Waals surface area contributed by atoms with Crippen molar-refractivity contribution in [2.75, 3.05) is 11.9 Å². The van der Waals surface area contributed by atoms with E-state index in [0.29, 0.717) is 38.5 Å². The maximum absolute atomic E-state index is 13.3. The number of fused-ring (bicyclic) bond motifs is 1. The van der Waals surface area contributed by atoms with Crippen molar-refractivity contribution in [2.24, 2.45) is 10.9 Å². The lowest BCUT2D eigenvalue weighted by atomic mass is 9.87. The number of hydrogen-bond donors (Lipinski definition) is 2. The monoisotopic (exact) mass is 488 g/mol. The first-order chi connectivity index (χ1) is 15.3. The van der Waals surface area contributed by atoms with Gasteiger partial charge < -0.3 is 15.5 Å². The van der Waals surface area contributed by atoms with Gasteiger partial charge in [0.15, 0.2) is 5.11 Å². The summed E-state index contributed by atoms with van der Waals surface area (Å²) in [6.45, 7) is 2.26. The van der Waals surface area contributed by atoms with Gasteiger partial charge in [-0.15, -0.1) is 0 Å². The van der Waals surface area contributed by atoms with Gasteiger partial charge in [-0.2, -0.15) is 0 Å². The van der Waals surface area contributed by atoms with Crippen LogP contribution in [-0.4, -0.2) is 36.0 Å². The van der Waals surface area contributed by atoms with Gasteiger partial charge in [0.05, 0.1) is 11.4 Å². The quantitative estimate of drug-likeness (QED) is 0.584. The van der Waals surface area contributed by atoms with Crippen LogP contribution in [0.5, 0.6) is 0 Å². The van der Waals surface area contributed by atoms with Crippen molar-refractivity contribution in [3.8, 4) is 0 Å². The second-order valence-electron chi connectivity index (χ2n) is 8.51. The van der Waals surface area contributed by atoms with Gasteiger partial charge in [-0.3, -0.25) is 4.79 Å². The summed E-state index contributed by atoms with van der Waals surface area (Å²) in [5.41, 5.74) is 2.78. The van der Waals surface area contributed by atoms with E-state index in [2.05, 4.69) is 17.6 Å². The molecule has 2 N–H and O–H groups in total. The zero-order chi connectivity index (χ0) is 22.8. The van der Waals surface area contributed by atoms with Crippen LogP contribution in [0, 0.1) is 5.92 Å². The minimum absolute atomic E-state index is 0.211. The smallest absolute Gasteiger partial charge is 0.272 e. The molecule has 3 atom stereocenters. The number of rotatable bonds is 3. The zero-order valence-electron chi connectivity index (χ0n) is 18.1. The van der Waals surface area contributed by atoms with Crippen LogP contribution in [0.25, 0.3) is 0 Å². The average Bonchev–Trinajstić information content (AvgIpc) is 2.84. The molecule has 1 fully saturated rings. The highest BCUT2D eigenvalue weighted by Crippen LogP contribution is 2.32. The normalized spacial score (nSPS) is 23.1. The number of anilines is 1. The largest absolute Gasteiger partial charge is 0.360 e. The molecule has 1 aliphatic carbocycles. The van der Waals surface area contributed by atoms with E-state index in [1.807, 2.05) is 30.3 Å². The summed E-state index contributed by atoms with van der Waals surface area (Å²) in [5.74, 6) is 0.454. The lowest BCUT2D eigenvalue weighted by molar-refractivity contribution is -0.119. The number of likely N-dealkylation sites (N-methyl/N-ethyl adjacent to an activating group) is 1. The Morgan fingerprint density at radius 2 is 1.91 bits per heavy atom. The first kappa shape index (κ1) is 23.0. The maximum atomic E-state index is 13.3. The maximum Gasteiger partial charge on any atom is 0.272 e. The van der Waals surface area contributed by atoms with Crippen LogP contribution in [0.1, 0.15) is 43.7 Å². The highest BCUT2D eigenvalue weighted by Gasteiger charge is 2.31. The molecule has 32 heavy (non-hydrogen) atoms. The molecule has 5 nitrogen and oxygen atoms in total. The standard InChI is InChI=1S/C24H26Cl2N4OS/c1-14-6-5-7-16(12-14)27-24(32)29-22-23(31)30(2)20-11-10-15(25)13-18(20)21(28-22)17-8-3-4-9-19(17)26/h3-4,8-11,13-14,16,22H,5-7,12H2,1-2H3,(H2,27,29,32). The molecule has 4 rings (SSSR count). The third-order valence-corrected chi connectivity index (χ3v) is 6.87. The van der Waals surface area contributed by atoms with Crippen molar-refractivity contribution < 1.29 is 4.79 Å². The molecular formula is C24H26Cl2N4OS. The topological polar surface area (TPSA) is 56.7 Å². The van der Waals surface area contributed by atoms with Crippen LogP contribution in [0.2, 0.25) is 10.0 Å². The van der Waals surface area contributed by atoms with E-state index in [4.69, 9.17) is 40.4 Å². The molecule has 2 aromatic rings. The predicted octanol–water partition coefficient (Wildman–Crippen LogP) is 5.18. The Kier molecular flexibility index (Phi) is 7.03. The first-order valence-electron chi connectivity index (χ1n) is 10.8. The molecule has 1 amide bonds. The van der Waals surface area contributed by atoms with Crippen LogP contribution in [0.3, 0.4) is 0 Å².